The van der Waals surface area contributed by atoms with Gasteiger partial charge in [0.05, 0.1) is 26.3 Å². The van der Waals surface area contributed by atoms with Crippen molar-refractivity contribution >= 4 is 5.91 Å². The maximum Gasteiger partial charge on any atom is 0.237 e. The quantitative estimate of drug-likeness (QED) is 0.871. The number of carbonyl (C=O) groups is 1. The van der Waals surface area contributed by atoms with Crippen LogP contribution >= 0.6 is 0 Å². The highest BCUT2D eigenvalue weighted by Gasteiger charge is 2.24. The summed E-state index contributed by atoms with van der Waals surface area (Å²) in [7, 11) is 3.23. The van der Waals surface area contributed by atoms with E-state index in [4.69, 9.17) is 9.47 Å². The van der Waals surface area contributed by atoms with Crippen LogP contribution in [-0.2, 0) is 4.79 Å². The number of ether oxygens (including phenoxy) is 2. The lowest BCUT2D eigenvalue weighted by Gasteiger charge is -2.21. The zero-order valence-electron chi connectivity index (χ0n) is 13.2. The van der Waals surface area contributed by atoms with Gasteiger partial charge in [-0.25, -0.2) is 0 Å². The number of rotatable bonds is 5. The number of benzene rings is 1. The highest BCUT2D eigenvalue weighted by atomic mass is 16.5. The highest BCUT2D eigenvalue weighted by Crippen LogP contribution is 2.32. The average molecular weight is 292 g/mol. The molecule has 116 valence electrons. The van der Waals surface area contributed by atoms with E-state index in [-0.39, 0.29) is 18.0 Å². The summed E-state index contributed by atoms with van der Waals surface area (Å²) in [5.41, 5.74) is 2.11. The van der Waals surface area contributed by atoms with E-state index in [1.165, 1.54) is 0 Å². The van der Waals surface area contributed by atoms with Crippen molar-refractivity contribution in [2.45, 2.75) is 38.8 Å². The maximum absolute atomic E-state index is 12.2. The molecule has 1 aromatic carbocycles. The van der Waals surface area contributed by atoms with Gasteiger partial charge in [0.1, 0.15) is 0 Å². The smallest absolute Gasteiger partial charge is 0.237 e. The van der Waals surface area contributed by atoms with Gasteiger partial charge in [0.25, 0.3) is 0 Å². The Bertz CT molecular complexity index is 510. The molecule has 1 fully saturated rings. The fourth-order valence-corrected chi connectivity index (χ4v) is 2.76. The van der Waals surface area contributed by atoms with Crippen LogP contribution in [0.4, 0.5) is 0 Å². The number of methoxy groups -OCH3 is 2. The summed E-state index contributed by atoms with van der Waals surface area (Å²) in [6.07, 6.45) is 1.96. The zero-order chi connectivity index (χ0) is 15.4. The first kappa shape index (κ1) is 15.6. The van der Waals surface area contributed by atoms with Gasteiger partial charge in [-0.15, -0.1) is 0 Å². The number of nitrogens with one attached hydrogen (secondary N) is 2. The minimum absolute atomic E-state index is 0.0621. The van der Waals surface area contributed by atoms with E-state index in [0.717, 1.165) is 30.5 Å². The first-order chi connectivity index (χ1) is 10.1. The summed E-state index contributed by atoms with van der Waals surface area (Å²) >= 11 is 0. The third-order valence-electron chi connectivity index (χ3n) is 3.97. The molecule has 0 radical (unpaired) electrons. The fourth-order valence-electron chi connectivity index (χ4n) is 2.76. The van der Waals surface area contributed by atoms with Crippen molar-refractivity contribution in [3.8, 4) is 11.5 Å². The largest absolute Gasteiger partial charge is 0.493 e. The van der Waals surface area contributed by atoms with Crippen molar-refractivity contribution in [3.05, 3.63) is 23.3 Å². The van der Waals surface area contributed by atoms with Crippen LogP contribution in [0.15, 0.2) is 12.1 Å². The highest BCUT2D eigenvalue weighted by molar-refractivity contribution is 5.82. The maximum atomic E-state index is 12.2. The second-order valence-electron chi connectivity index (χ2n) is 5.44. The predicted molar refractivity (Wildman–Crippen MR) is 81.9 cm³/mol. The molecule has 0 spiro atoms. The predicted octanol–water partition coefficient (Wildman–Crippen LogP) is 1.94. The molecule has 0 saturated carbocycles. The zero-order valence-corrected chi connectivity index (χ0v) is 13.2. The van der Waals surface area contributed by atoms with Gasteiger partial charge in [-0.1, -0.05) is 0 Å². The summed E-state index contributed by atoms with van der Waals surface area (Å²) in [6.45, 7) is 4.91. The molecule has 5 nitrogen and oxygen atoms in total. The lowest BCUT2D eigenvalue weighted by Crippen LogP contribution is -2.41. The summed E-state index contributed by atoms with van der Waals surface area (Å²) in [5.74, 6) is 1.45. The van der Waals surface area contributed by atoms with Crippen molar-refractivity contribution in [2.24, 2.45) is 0 Å². The van der Waals surface area contributed by atoms with Gasteiger partial charge in [-0.3, -0.25) is 4.79 Å². The molecule has 2 rings (SSSR count). The fraction of sp³-hybridized carbons (Fsp3) is 0.562. The Labute approximate surface area is 126 Å². The Hall–Kier alpha value is -1.75. The molecule has 1 aliphatic heterocycles. The van der Waals surface area contributed by atoms with E-state index in [1.54, 1.807) is 14.2 Å². The van der Waals surface area contributed by atoms with Gasteiger partial charge in [0.2, 0.25) is 5.91 Å². The molecule has 1 saturated heterocycles. The molecule has 2 unspecified atom stereocenters. The first-order valence-electron chi connectivity index (χ1n) is 7.33. The van der Waals surface area contributed by atoms with Crippen molar-refractivity contribution in [1.82, 2.24) is 10.6 Å². The summed E-state index contributed by atoms with van der Waals surface area (Å²) in [4.78, 5) is 12.2. The van der Waals surface area contributed by atoms with Crippen LogP contribution in [0.1, 0.15) is 36.9 Å². The van der Waals surface area contributed by atoms with Gasteiger partial charge in [0, 0.05) is 0 Å². The van der Waals surface area contributed by atoms with Gasteiger partial charge in [-0.05, 0) is 56.5 Å². The molecule has 1 heterocycles. The monoisotopic (exact) mass is 292 g/mol. The van der Waals surface area contributed by atoms with Gasteiger partial charge in [0.15, 0.2) is 11.5 Å². The van der Waals surface area contributed by atoms with Crippen LogP contribution in [0.25, 0.3) is 0 Å². The molecule has 0 aliphatic carbocycles. The summed E-state index contributed by atoms with van der Waals surface area (Å²) in [5, 5.41) is 6.28. The average Bonchev–Trinajstić information content (AvgIpc) is 3.00. The van der Waals surface area contributed by atoms with Crippen molar-refractivity contribution < 1.29 is 14.3 Å². The van der Waals surface area contributed by atoms with Gasteiger partial charge >= 0.3 is 0 Å². The van der Waals surface area contributed by atoms with Gasteiger partial charge < -0.3 is 20.1 Å². The molecule has 21 heavy (non-hydrogen) atoms. The third kappa shape index (κ3) is 3.47. The number of amides is 1. The Morgan fingerprint density at radius 3 is 2.57 bits per heavy atom. The molecule has 2 N–H and O–H groups in total. The lowest BCUT2D eigenvalue weighted by atomic mass is 10.0. The van der Waals surface area contributed by atoms with Gasteiger partial charge in [-0.2, -0.15) is 0 Å². The van der Waals surface area contributed by atoms with Crippen LogP contribution in [0, 0.1) is 6.92 Å². The Balaban J connectivity index is 2.14. The SMILES string of the molecule is COc1cc(C)c(C(C)NC(=O)C2CCCN2)cc1OC. The molecule has 0 aromatic heterocycles. The molecular formula is C16H24N2O3. The third-order valence-corrected chi connectivity index (χ3v) is 3.97. The minimum atomic E-state index is -0.0697. The van der Waals surface area contributed by atoms with E-state index in [2.05, 4.69) is 10.6 Å². The molecule has 2 atom stereocenters. The van der Waals surface area contributed by atoms with Crippen molar-refractivity contribution in [2.75, 3.05) is 20.8 Å². The van der Waals surface area contributed by atoms with Crippen LogP contribution in [0.2, 0.25) is 0 Å². The second kappa shape index (κ2) is 6.80. The van der Waals surface area contributed by atoms with Crippen molar-refractivity contribution in [3.63, 3.8) is 0 Å². The standard InChI is InChI=1S/C16H24N2O3/c1-10-8-14(20-3)15(21-4)9-12(10)11(2)18-16(19)13-6-5-7-17-13/h8-9,11,13,17H,5-7H2,1-4H3,(H,18,19). The minimum Gasteiger partial charge on any atom is -0.493 e. The Morgan fingerprint density at radius 2 is 2.00 bits per heavy atom. The number of aryl methyl sites for hydroxylation is 1. The molecule has 1 aliphatic rings. The molecule has 0 bridgehead atoms. The normalized spacial score (nSPS) is 19.1. The van der Waals surface area contributed by atoms with E-state index in [0.29, 0.717) is 11.5 Å². The number of hydrogen-bond acceptors (Lipinski definition) is 4. The molecule has 5 heteroatoms. The molecule has 1 aromatic rings. The van der Waals surface area contributed by atoms with Crippen LogP contribution in [0.3, 0.4) is 0 Å². The number of hydrogen-bond donors (Lipinski definition) is 2. The second-order valence-corrected chi connectivity index (χ2v) is 5.44. The lowest BCUT2D eigenvalue weighted by molar-refractivity contribution is -0.123. The summed E-state index contributed by atoms with van der Waals surface area (Å²) in [6, 6.07) is 3.74. The molecule has 1 amide bonds. The van der Waals surface area contributed by atoms with E-state index in [9.17, 15) is 4.79 Å². The van der Waals surface area contributed by atoms with E-state index < -0.39 is 0 Å². The topological polar surface area (TPSA) is 59.6 Å². The van der Waals surface area contributed by atoms with E-state index >= 15 is 0 Å². The van der Waals surface area contributed by atoms with E-state index in [1.807, 2.05) is 26.0 Å². The number of carbonyl (C=O) groups excluding carboxylic acids is 1. The Kier molecular flexibility index (Phi) is 5.07. The Morgan fingerprint density at radius 1 is 1.33 bits per heavy atom. The van der Waals surface area contributed by atoms with Crippen LogP contribution < -0.4 is 20.1 Å². The van der Waals surface area contributed by atoms with Crippen LogP contribution in [0.5, 0.6) is 11.5 Å². The summed E-state index contributed by atoms with van der Waals surface area (Å²) < 4.78 is 10.6. The van der Waals surface area contributed by atoms with Crippen LogP contribution in [-0.4, -0.2) is 32.7 Å². The first-order valence-corrected chi connectivity index (χ1v) is 7.33. The molecular weight excluding hydrogens is 268 g/mol. The van der Waals surface area contributed by atoms with Crippen molar-refractivity contribution in [1.29, 1.82) is 0 Å².